The Balaban J connectivity index is 2.27. The minimum atomic E-state index is 0.442. The van der Waals surface area contributed by atoms with Crippen LogP contribution in [-0.2, 0) is 4.74 Å². The molecule has 1 N–H and O–H groups in total. The van der Waals surface area contributed by atoms with E-state index < -0.39 is 0 Å². The lowest BCUT2D eigenvalue weighted by atomic mass is 9.81. The van der Waals surface area contributed by atoms with Crippen molar-refractivity contribution in [3.63, 3.8) is 0 Å². The molecule has 0 amide bonds. The molecule has 0 radical (unpaired) electrons. The first-order valence-electron chi connectivity index (χ1n) is 7.00. The van der Waals surface area contributed by atoms with E-state index in [1.54, 1.807) is 0 Å². The van der Waals surface area contributed by atoms with Crippen molar-refractivity contribution in [2.45, 2.75) is 65.3 Å². The molecule has 1 rings (SSSR count). The van der Waals surface area contributed by atoms with Gasteiger partial charge in [0.1, 0.15) is 0 Å². The van der Waals surface area contributed by atoms with E-state index in [1.165, 1.54) is 38.5 Å². The van der Waals surface area contributed by atoms with Gasteiger partial charge in [-0.25, -0.2) is 0 Å². The monoisotopic (exact) mass is 227 g/mol. The lowest BCUT2D eigenvalue weighted by Crippen LogP contribution is -2.38. The Morgan fingerprint density at radius 2 is 2.06 bits per heavy atom. The summed E-state index contributed by atoms with van der Waals surface area (Å²) in [5.74, 6) is 0. The van der Waals surface area contributed by atoms with Gasteiger partial charge >= 0.3 is 0 Å². The van der Waals surface area contributed by atoms with Crippen LogP contribution in [0, 0.1) is 5.41 Å². The van der Waals surface area contributed by atoms with E-state index in [2.05, 4.69) is 26.1 Å². The first kappa shape index (κ1) is 14.0. The molecule has 0 aliphatic carbocycles. The van der Waals surface area contributed by atoms with Crippen LogP contribution in [0.2, 0.25) is 0 Å². The van der Waals surface area contributed by atoms with Crippen molar-refractivity contribution < 1.29 is 4.74 Å². The third-order valence-corrected chi connectivity index (χ3v) is 3.63. The van der Waals surface area contributed by atoms with Gasteiger partial charge in [0.2, 0.25) is 0 Å². The van der Waals surface area contributed by atoms with Crippen molar-refractivity contribution in [3.05, 3.63) is 0 Å². The van der Waals surface area contributed by atoms with Crippen LogP contribution >= 0.6 is 0 Å². The Hall–Kier alpha value is -0.0800. The van der Waals surface area contributed by atoms with E-state index in [1.807, 2.05) is 0 Å². The minimum Gasteiger partial charge on any atom is -0.381 e. The van der Waals surface area contributed by atoms with Crippen molar-refractivity contribution >= 4 is 0 Å². The van der Waals surface area contributed by atoms with Crippen LogP contribution in [0.5, 0.6) is 0 Å². The van der Waals surface area contributed by atoms with Gasteiger partial charge in [0, 0.05) is 24.6 Å². The van der Waals surface area contributed by atoms with E-state index >= 15 is 0 Å². The molecule has 0 aromatic heterocycles. The second-order valence-corrected chi connectivity index (χ2v) is 5.65. The van der Waals surface area contributed by atoms with Crippen LogP contribution in [-0.4, -0.2) is 25.8 Å². The van der Waals surface area contributed by atoms with E-state index in [4.69, 9.17) is 4.74 Å². The Kier molecular flexibility index (Phi) is 6.37. The summed E-state index contributed by atoms with van der Waals surface area (Å²) in [6.07, 6.45) is 8.06. The number of nitrogens with one attached hydrogen (secondary N) is 1. The summed E-state index contributed by atoms with van der Waals surface area (Å²) < 4.78 is 5.61. The molecular weight excluding hydrogens is 198 g/mol. The first-order valence-corrected chi connectivity index (χ1v) is 7.00. The Morgan fingerprint density at radius 1 is 1.25 bits per heavy atom. The molecule has 1 unspecified atom stereocenters. The number of hydrogen-bond acceptors (Lipinski definition) is 2. The molecule has 2 nitrogen and oxygen atoms in total. The molecule has 1 heterocycles. The van der Waals surface area contributed by atoms with Crippen LogP contribution in [0.4, 0.5) is 0 Å². The summed E-state index contributed by atoms with van der Waals surface area (Å²) >= 11 is 0. The third kappa shape index (κ3) is 4.84. The fraction of sp³-hybridized carbons (Fsp3) is 1.00. The smallest absolute Gasteiger partial charge is 0.0535 e. The minimum absolute atomic E-state index is 0.442. The second-order valence-electron chi connectivity index (χ2n) is 5.65. The molecule has 1 saturated heterocycles. The Bertz CT molecular complexity index is 174. The predicted octanol–water partition coefficient (Wildman–Crippen LogP) is 3.36. The zero-order valence-electron chi connectivity index (χ0n) is 11.3. The van der Waals surface area contributed by atoms with Crippen LogP contribution in [0.1, 0.15) is 59.3 Å². The predicted molar refractivity (Wildman–Crippen MR) is 69.8 cm³/mol. The fourth-order valence-corrected chi connectivity index (χ4v) is 2.42. The van der Waals surface area contributed by atoms with Crippen molar-refractivity contribution in [1.82, 2.24) is 5.32 Å². The highest BCUT2D eigenvalue weighted by molar-refractivity contribution is 4.85. The molecular formula is C14H29NO. The average molecular weight is 227 g/mol. The van der Waals surface area contributed by atoms with Gasteiger partial charge in [-0.05, 0) is 12.8 Å². The van der Waals surface area contributed by atoms with Gasteiger partial charge in [0.15, 0.2) is 0 Å². The van der Waals surface area contributed by atoms with Crippen molar-refractivity contribution in [2.24, 2.45) is 5.41 Å². The molecule has 16 heavy (non-hydrogen) atoms. The van der Waals surface area contributed by atoms with Gasteiger partial charge in [-0.15, -0.1) is 0 Å². The molecule has 0 spiro atoms. The molecule has 0 aromatic carbocycles. The van der Waals surface area contributed by atoms with Crippen molar-refractivity contribution in [3.8, 4) is 0 Å². The highest BCUT2D eigenvalue weighted by atomic mass is 16.5. The summed E-state index contributed by atoms with van der Waals surface area (Å²) in [5.41, 5.74) is 0.442. The highest BCUT2D eigenvalue weighted by Gasteiger charge is 2.33. The number of unbranched alkanes of at least 4 members (excludes halogenated alkanes) is 3. The molecule has 1 atom stereocenters. The average Bonchev–Trinajstić information content (AvgIpc) is 2.71. The molecule has 0 aromatic rings. The van der Waals surface area contributed by atoms with Gasteiger partial charge in [0.25, 0.3) is 0 Å². The molecule has 1 aliphatic rings. The largest absolute Gasteiger partial charge is 0.381 e. The summed E-state index contributed by atoms with van der Waals surface area (Å²) in [7, 11) is 0. The van der Waals surface area contributed by atoms with Crippen LogP contribution < -0.4 is 5.32 Å². The van der Waals surface area contributed by atoms with Gasteiger partial charge in [-0.2, -0.15) is 0 Å². The molecule has 2 heteroatoms. The highest BCUT2D eigenvalue weighted by Crippen LogP contribution is 2.33. The van der Waals surface area contributed by atoms with Gasteiger partial charge in [0.05, 0.1) is 6.61 Å². The van der Waals surface area contributed by atoms with E-state index in [0.29, 0.717) is 11.5 Å². The van der Waals surface area contributed by atoms with Crippen LogP contribution in [0.25, 0.3) is 0 Å². The lowest BCUT2D eigenvalue weighted by Gasteiger charge is -2.29. The van der Waals surface area contributed by atoms with E-state index in [0.717, 1.165) is 19.8 Å². The maximum absolute atomic E-state index is 5.61. The number of rotatable bonds is 8. The zero-order chi connectivity index (χ0) is 11.9. The third-order valence-electron chi connectivity index (χ3n) is 3.63. The quantitative estimate of drug-likeness (QED) is 0.642. The first-order chi connectivity index (χ1) is 7.68. The summed E-state index contributed by atoms with van der Waals surface area (Å²) in [6.45, 7) is 9.79. The summed E-state index contributed by atoms with van der Waals surface area (Å²) in [5, 5.41) is 3.59. The summed E-state index contributed by atoms with van der Waals surface area (Å²) in [6, 6.07) is 0.591. The number of ether oxygens (including phenoxy) is 1. The SMILES string of the molecule is CCCCCCC1(CNC(C)C)CCOC1. The second kappa shape index (κ2) is 7.29. The van der Waals surface area contributed by atoms with Gasteiger partial charge in [-0.3, -0.25) is 0 Å². The number of hydrogen-bond donors (Lipinski definition) is 1. The van der Waals surface area contributed by atoms with Crippen molar-refractivity contribution in [1.29, 1.82) is 0 Å². The maximum Gasteiger partial charge on any atom is 0.0535 e. The topological polar surface area (TPSA) is 21.3 Å². The van der Waals surface area contributed by atoms with Crippen LogP contribution in [0.15, 0.2) is 0 Å². The van der Waals surface area contributed by atoms with Gasteiger partial charge < -0.3 is 10.1 Å². The molecule has 96 valence electrons. The van der Waals surface area contributed by atoms with Crippen LogP contribution in [0.3, 0.4) is 0 Å². The van der Waals surface area contributed by atoms with Gasteiger partial charge in [-0.1, -0.05) is 46.5 Å². The standard InChI is InChI=1S/C14H29NO/c1-4-5-6-7-8-14(9-10-16-12-14)11-15-13(2)3/h13,15H,4-12H2,1-3H3. The van der Waals surface area contributed by atoms with E-state index in [-0.39, 0.29) is 0 Å². The Morgan fingerprint density at radius 3 is 2.62 bits per heavy atom. The lowest BCUT2D eigenvalue weighted by molar-refractivity contribution is 0.140. The van der Waals surface area contributed by atoms with E-state index in [9.17, 15) is 0 Å². The molecule has 0 saturated carbocycles. The fourth-order valence-electron chi connectivity index (χ4n) is 2.42. The summed E-state index contributed by atoms with van der Waals surface area (Å²) in [4.78, 5) is 0. The molecule has 1 aliphatic heterocycles. The molecule has 0 bridgehead atoms. The normalized spacial score (nSPS) is 25.5. The maximum atomic E-state index is 5.61. The molecule has 1 fully saturated rings. The zero-order valence-corrected chi connectivity index (χ0v) is 11.3. The van der Waals surface area contributed by atoms with Crippen molar-refractivity contribution in [2.75, 3.05) is 19.8 Å². The Labute approximate surface area is 101 Å².